The van der Waals surface area contributed by atoms with Crippen LogP contribution >= 0.6 is 11.6 Å². The molecule has 0 amide bonds. The van der Waals surface area contributed by atoms with Gasteiger partial charge in [0.1, 0.15) is 0 Å². The molecule has 0 saturated carbocycles. The maximum absolute atomic E-state index is 5.86. The zero-order valence-corrected chi connectivity index (χ0v) is 10.8. The van der Waals surface area contributed by atoms with E-state index in [0.29, 0.717) is 11.6 Å². The van der Waals surface area contributed by atoms with Crippen molar-refractivity contribution in [2.45, 2.75) is 51.2 Å². The third kappa shape index (κ3) is 3.92. The Hall–Kier alpha value is 0.467. The number of halogens is 1. The van der Waals surface area contributed by atoms with E-state index in [9.17, 15) is 0 Å². The molecule has 0 saturated heterocycles. The summed E-state index contributed by atoms with van der Waals surface area (Å²) in [5.41, 5.74) is 0. The Morgan fingerprint density at radius 1 is 1.33 bits per heavy atom. The quantitative estimate of drug-likeness (QED) is 0.509. The maximum Gasteiger partial charge on any atom is 0.192 e. The van der Waals surface area contributed by atoms with Crippen LogP contribution in [0.25, 0.3) is 0 Å². The molecule has 0 fully saturated rings. The van der Waals surface area contributed by atoms with Crippen molar-refractivity contribution in [2.24, 2.45) is 0 Å². The molecule has 0 aliphatic rings. The molecule has 0 N–H and O–H groups in total. The highest BCUT2D eigenvalue weighted by Gasteiger charge is 2.37. The first-order chi connectivity index (χ1) is 5.17. The molecule has 0 aromatic rings. The molecule has 0 rings (SSSR count). The Kier molecular flexibility index (Phi) is 4.28. The molecular formula is C9H21ClOSi. The summed E-state index contributed by atoms with van der Waals surface area (Å²) in [5, 5.41) is 0.415. The Labute approximate surface area is 82.6 Å². The van der Waals surface area contributed by atoms with Gasteiger partial charge < -0.3 is 4.43 Å². The lowest BCUT2D eigenvalue weighted by atomic mass is 10.2. The largest absolute Gasteiger partial charge is 0.415 e. The van der Waals surface area contributed by atoms with Crippen LogP contribution in [0.2, 0.25) is 18.1 Å². The van der Waals surface area contributed by atoms with Crippen molar-refractivity contribution in [3.8, 4) is 0 Å². The summed E-state index contributed by atoms with van der Waals surface area (Å²) in [6, 6.07) is 0. The monoisotopic (exact) mass is 208 g/mol. The highest BCUT2D eigenvalue weighted by Crippen LogP contribution is 2.36. The Bertz CT molecular complexity index is 138. The number of rotatable bonds is 3. The lowest BCUT2D eigenvalue weighted by Crippen LogP contribution is -2.41. The fourth-order valence-corrected chi connectivity index (χ4v) is 1.81. The van der Waals surface area contributed by atoms with E-state index in [1.165, 1.54) is 0 Å². The summed E-state index contributed by atoms with van der Waals surface area (Å²) >= 11 is 5.83. The van der Waals surface area contributed by atoms with Crippen LogP contribution in [-0.2, 0) is 4.43 Å². The summed E-state index contributed by atoms with van der Waals surface area (Å²) in [4.78, 5) is 0. The van der Waals surface area contributed by atoms with Crippen molar-refractivity contribution in [3.05, 3.63) is 0 Å². The fourth-order valence-electron chi connectivity index (χ4n) is 0.540. The minimum Gasteiger partial charge on any atom is -0.415 e. The highest BCUT2D eigenvalue weighted by molar-refractivity contribution is 6.74. The van der Waals surface area contributed by atoms with Gasteiger partial charge in [-0.1, -0.05) is 20.8 Å². The van der Waals surface area contributed by atoms with Crippen molar-refractivity contribution in [2.75, 3.05) is 6.61 Å². The molecule has 74 valence electrons. The molecule has 0 aromatic carbocycles. The zero-order chi connectivity index (χ0) is 9.99. The Balaban J connectivity index is 4.05. The molecule has 12 heavy (non-hydrogen) atoms. The summed E-state index contributed by atoms with van der Waals surface area (Å²) in [6.07, 6.45) is 0. The van der Waals surface area contributed by atoms with Crippen molar-refractivity contribution < 1.29 is 4.43 Å². The van der Waals surface area contributed by atoms with Crippen molar-refractivity contribution in [1.29, 1.82) is 0 Å². The molecule has 0 aliphatic heterocycles. The van der Waals surface area contributed by atoms with Gasteiger partial charge in [-0.2, -0.15) is 0 Å². The standard InChI is InChI=1S/C9H21ClOSi/c1-8(10)7-11-12(5,6)9(2,3)4/h8H,7H2,1-6H3/t8-/m0/s1. The molecule has 3 heteroatoms. The average Bonchev–Trinajstić information content (AvgIpc) is 1.81. The topological polar surface area (TPSA) is 9.23 Å². The van der Waals surface area contributed by atoms with Crippen molar-refractivity contribution in [3.63, 3.8) is 0 Å². The van der Waals surface area contributed by atoms with Crippen molar-refractivity contribution >= 4 is 19.9 Å². The molecule has 0 bridgehead atoms. The molecule has 1 nitrogen and oxygen atoms in total. The van der Waals surface area contributed by atoms with Crippen LogP contribution in [0.4, 0.5) is 0 Å². The average molecular weight is 209 g/mol. The van der Waals surface area contributed by atoms with Crippen LogP contribution in [0.1, 0.15) is 27.7 Å². The highest BCUT2D eigenvalue weighted by atomic mass is 35.5. The summed E-state index contributed by atoms with van der Waals surface area (Å²) in [7, 11) is -1.55. The molecule has 0 aliphatic carbocycles. The number of alkyl halides is 1. The van der Waals surface area contributed by atoms with E-state index < -0.39 is 8.32 Å². The van der Waals surface area contributed by atoms with Gasteiger partial charge in [0.05, 0.1) is 12.0 Å². The lowest BCUT2D eigenvalue weighted by molar-refractivity contribution is 0.290. The van der Waals surface area contributed by atoms with Gasteiger partial charge in [0.2, 0.25) is 0 Å². The summed E-state index contributed by atoms with van der Waals surface area (Å²) < 4.78 is 5.86. The fraction of sp³-hybridized carbons (Fsp3) is 1.00. The van der Waals surface area contributed by atoms with Crippen LogP contribution < -0.4 is 0 Å². The van der Waals surface area contributed by atoms with Crippen LogP contribution in [-0.4, -0.2) is 20.3 Å². The molecule has 0 aromatic heterocycles. The Morgan fingerprint density at radius 2 is 1.75 bits per heavy atom. The van der Waals surface area contributed by atoms with E-state index in [4.69, 9.17) is 16.0 Å². The normalized spacial score (nSPS) is 16.2. The van der Waals surface area contributed by atoms with Gasteiger partial charge in [0.25, 0.3) is 0 Å². The summed E-state index contributed by atoms with van der Waals surface area (Å²) in [5.74, 6) is 0. The number of hydrogen-bond acceptors (Lipinski definition) is 1. The minimum atomic E-state index is -1.55. The minimum absolute atomic E-state index is 0.124. The molecule has 0 spiro atoms. The lowest BCUT2D eigenvalue weighted by Gasteiger charge is -2.36. The zero-order valence-electron chi connectivity index (χ0n) is 9.07. The number of hydrogen-bond donors (Lipinski definition) is 0. The van der Waals surface area contributed by atoms with Gasteiger partial charge in [-0.25, -0.2) is 0 Å². The van der Waals surface area contributed by atoms with Crippen LogP contribution in [0.15, 0.2) is 0 Å². The SMILES string of the molecule is C[C@H](Cl)CO[Si](C)(C)C(C)(C)C. The Morgan fingerprint density at radius 3 is 2.00 bits per heavy atom. The van der Waals surface area contributed by atoms with E-state index in [0.717, 1.165) is 0 Å². The van der Waals surface area contributed by atoms with Gasteiger partial charge >= 0.3 is 0 Å². The van der Waals surface area contributed by atoms with E-state index >= 15 is 0 Å². The second-order valence-electron chi connectivity index (χ2n) is 4.85. The first-order valence-corrected chi connectivity index (χ1v) is 7.79. The van der Waals surface area contributed by atoms with Gasteiger partial charge in [-0.15, -0.1) is 11.6 Å². The van der Waals surface area contributed by atoms with Gasteiger partial charge in [0, 0.05) is 0 Å². The van der Waals surface area contributed by atoms with Crippen LogP contribution in [0.3, 0.4) is 0 Å². The first kappa shape index (κ1) is 12.5. The van der Waals surface area contributed by atoms with Crippen LogP contribution in [0.5, 0.6) is 0 Å². The summed E-state index contributed by atoms with van der Waals surface area (Å²) in [6.45, 7) is 13.8. The third-order valence-corrected chi connectivity index (χ3v) is 7.11. The molecule has 0 heterocycles. The van der Waals surface area contributed by atoms with E-state index in [2.05, 4.69) is 33.9 Å². The van der Waals surface area contributed by atoms with E-state index in [-0.39, 0.29) is 5.38 Å². The van der Waals surface area contributed by atoms with Crippen molar-refractivity contribution in [1.82, 2.24) is 0 Å². The van der Waals surface area contributed by atoms with Gasteiger partial charge in [-0.05, 0) is 25.1 Å². The molecular weight excluding hydrogens is 188 g/mol. The van der Waals surface area contributed by atoms with E-state index in [1.807, 2.05) is 6.92 Å². The smallest absolute Gasteiger partial charge is 0.192 e. The first-order valence-electron chi connectivity index (χ1n) is 4.45. The predicted molar refractivity (Wildman–Crippen MR) is 58.5 cm³/mol. The van der Waals surface area contributed by atoms with Gasteiger partial charge in [0.15, 0.2) is 8.32 Å². The maximum atomic E-state index is 5.86. The molecule has 0 unspecified atom stereocenters. The molecule has 1 atom stereocenters. The second-order valence-corrected chi connectivity index (χ2v) is 10.4. The second kappa shape index (κ2) is 4.12. The third-order valence-electron chi connectivity index (χ3n) is 2.48. The predicted octanol–water partition coefficient (Wildman–Crippen LogP) is 3.64. The van der Waals surface area contributed by atoms with E-state index in [1.54, 1.807) is 0 Å². The van der Waals surface area contributed by atoms with Crippen LogP contribution in [0, 0.1) is 0 Å². The van der Waals surface area contributed by atoms with Gasteiger partial charge in [-0.3, -0.25) is 0 Å². The molecule has 0 radical (unpaired) electrons.